The number of rotatable bonds is 3. The Kier molecular flexibility index (Phi) is 3.11. The first-order valence-corrected chi connectivity index (χ1v) is 6.61. The Bertz CT molecular complexity index is 613. The number of carbonyl (C=O) groups excluding carboxylic acids is 1. The molecule has 1 aliphatic carbocycles. The summed E-state index contributed by atoms with van der Waals surface area (Å²) in [5.74, 6) is 1.15. The van der Waals surface area contributed by atoms with Crippen molar-refractivity contribution in [3.05, 3.63) is 53.3 Å². The summed E-state index contributed by atoms with van der Waals surface area (Å²) in [7, 11) is 1.67. The van der Waals surface area contributed by atoms with Crippen LogP contribution in [0.4, 0.5) is 0 Å². The third kappa shape index (κ3) is 2.41. The third-order valence-corrected chi connectivity index (χ3v) is 3.61. The van der Waals surface area contributed by atoms with Crippen LogP contribution >= 0.6 is 0 Å². The van der Waals surface area contributed by atoms with E-state index in [0.29, 0.717) is 6.42 Å². The summed E-state index contributed by atoms with van der Waals surface area (Å²) in [6.45, 7) is 0.775. The van der Waals surface area contributed by atoms with Crippen molar-refractivity contribution in [2.75, 3.05) is 7.11 Å². The molecule has 0 saturated heterocycles. The highest BCUT2D eigenvalue weighted by Crippen LogP contribution is 2.23. The minimum atomic E-state index is 0.283. The second-order valence-electron chi connectivity index (χ2n) is 5.00. The molecule has 1 aromatic carbocycles. The van der Waals surface area contributed by atoms with E-state index < -0.39 is 0 Å². The van der Waals surface area contributed by atoms with Crippen molar-refractivity contribution in [2.24, 2.45) is 0 Å². The van der Waals surface area contributed by atoms with Gasteiger partial charge in [0.05, 0.1) is 7.11 Å². The molecule has 0 amide bonds. The smallest absolute Gasteiger partial charge is 0.164 e. The number of carbonyl (C=O) groups is 1. The van der Waals surface area contributed by atoms with Crippen LogP contribution in [0.1, 0.15) is 34.3 Å². The highest BCUT2D eigenvalue weighted by molar-refractivity contribution is 5.98. The van der Waals surface area contributed by atoms with Gasteiger partial charge in [-0.1, -0.05) is 12.1 Å². The molecule has 98 valence electrons. The fourth-order valence-electron chi connectivity index (χ4n) is 2.65. The van der Waals surface area contributed by atoms with Crippen molar-refractivity contribution in [3.63, 3.8) is 0 Å². The quantitative estimate of drug-likeness (QED) is 0.844. The van der Waals surface area contributed by atoms with Crippen LogP contribution in [0, 0.1) is 0 Å². The minimum absolute atomic E-state index is 0.283. The number of ether oxygens (including phenoxy) is 1. The number of hydrogen-bond donors (Lipinski definition) is 0. The number of nitrogens with zero attached hydrogens (tertiary/aromatic N) is 1. The zero-order valence-electron chi connectivity index (χ0n) is 11.1. The average molecular weight is 255 g/mol. The number of hydrogen-bond acceptors (Lipinski definition) is 2. The fourth-order valence-corrected chi connectivity index (χ4v) is 2.65. The molecule has 0 saturated carbocycles. The lowest BCUT2D eigenvalue weighted by molar-refractivity contribution is 0.0973. The van der Waals surface area contributed by atoms with Crippen LogP contribution < -0.4 is 4.74 Å². The van der Waals surface area contributed by atoms with Gasteiger partial charge < -0.3 is 9.30 Å². The normalized spacial score (nSPS) is 14.3. The highest BCUT2D eigenvalue weighted by atomic mass is 16.5. The second kappa shape index (κ2) is 4.92. The van der Waals surface area contributed by atoms with Gasteiger partial charge in [0.1, 0.15) is 5.75 Å². The Morgan fingerprint density at radius 2 is 2.16 bits per heavy atom. The van der Waals surface area contributed by atoms with Crippen LogP contribution in [-0.4, -0.2) is 17.5 Å². The first-order valence-electron chi connectivity index (χ1n) is 6.61. The third-order valence-electron chi connectivity index (χ3n) is 3.61. The maximum Gasteiger partial charge on any atom is 0.164 e. The SMILES string of the molecule is COc1cccc(Cn2cc3c(c2)C(=O)CCC3)c1. The number of Topliss-reactive ketones (excluding diaryl/α,β-unsaturated/α-hetero) is 1. The van der Waals surface area contributed by atoms with Gasteiger partial charge >= 0.3 is 0 Å². The molecule has 0 bridgehead atoms. The molecular weight excluding hydrogens is 238 g/mol. The van der Waals surface area contributed by atoms with Gasteiger partial charge in [-0.3, -0.25) is 4.79 Å². The first kappa shape index (κ1) is 12.0. The number of methoxy groups -OCH3 is 1. The molecule has 2 aromatic rings. The molecule has 1 aliphatic rings. The molecule has 1 heterocycles. The fraction of sp³-hybridized carbons (Fsp3) is 0.312. The van der Waals surface area contributed by atoms with E-state index in [2.05, 4.69) is 16.8 Å². The van der Waals surface area contributed by atoms with Crippen molar-refractivity contribution in [2.45, 2.75) is 25.8 Å². The molecule has 1 aromatic heterocycles. The van der Waals surface area contributed by atoms with Crippen LogP contribution in [0.3, 0.4) is 0 Å². The lowest BCUT2D eigenvalue weighted by atomic mass is 9.95. The Balaban J connectivity index is 1.85. The number of aryl methyl sites for hydroxylation is 1. The molecule has 0 radical (unpaired) electrons. The van der Waals surface area contributed by atoms with E-state index in [1.807, 2.05) is 24.4 Å². The number of benzene rings is 1. The zero-order chi connectivity index (χ0) is 13.2. The predicted octanol–water partition coefficient (Wildman–Crippen LogP) is 3.06. The highest BCUT2D eigenvalue weighted by Gasteiger charge is 2.18. The maximum absolute atomic E-state index is 11.8. The number of ketones is 1. The molecule has 0 spiro atoms. The lowest BCUT2D eigenvalue weighted by Gasteiger charge is -2.07. The number of aromatic nitrogens is 1. The molecule has 0 N–H and O–H groups in total. The molecular formula is C16H17NO2. The van der Waals surface area contributed by atoms with E-state index in [0.717, 1.165) is 30.7 Å². The average Bonchev–Trinajstić information content (AvgIpc) is 2.83. The molecule has 19 heavy (non-hydrogen) atoms. The van der Waals surface area contributed by atoms with E-state index >= 15 is 0 Å². The molecule has 3 rings (SSSR count). The second-order valence-corrected chi connectivity index (χ2v) is 5.00. The van der Waals surface area contributed by atoms with Crippen LogP contribution in [-0.2, 0) is 13.0 Å². The molecule has 0 fully saturated rings. The van der Waals surface area contributed by atoms with Crippen LogP contribution in [0.5, 0.6) is 5.75 Å². The van der Waals surface area contributed by atoms with Gasteiger partial charge in [0, 0.05) is 30.9 Å². The molecule has 3 nitrogen and oxygen atoms in total. The van der Waals surface area contributed by atoms with Crippen LogP contribution in [0.15, 0.2) is 36.7 Å². The molecule has 0 atom stereocenters. The van der Waals surface area contributed by atoms with Crippen LogP contribution in [0.25, 0.3) is 0 Å². The summed E-state index contributed by atoms with van der Waals surface area (Å²) in [5.41, 5.74) is 3.28. The summed E-state index contributed by atoms with van der Waals surface area (Å²) >= 11 is 0. The van der Waals surface area contributed by atoms with E-state index in [1.165, 1.54) is 11.1 Å². The minimum Gasteiger partial charge on any atom is -0.497 e. The van der Waals surface area contributed by atoms with Crippen molar-refractivity contribution in [3.8, 4) is 5.75 Å². The van der Waals surface area contributed by atoms with Gasteiger partial charge in [-0.15, -0.1) is 0 Å². The topological polar surface area (TPSA) is 31.2 Å². The summed E-state index contributed by atoms with van der Waals surface area (Å²) in [5, 5.41) is 0. The Morgan fingerprint density at radius 1 is 1.26 bits per heavy atom. The standard InChI is InChI=1S/C16H17NO2/c1-19-14-6-2-4-12(8-14)9-17-10-13-5-3-7-16(18)15(13)11-17/h2,4,6,8,10-11H,3,5,7,9H2,1H3. The van der Waals surface area contributed by atoms with Crippen LogP contribution in [0.2, 0.25) is 0 Å². The largest absolute Gasteiger partial charge is 0.497 e. The van der Waals surface area contributed by atoms with Crippen molar-refractivity contribution in [1.82, 2.24) is 4.57 Å². The van der Waals surface area contributed by atoms with Gasteiger partial charge in [0.25, 0.3) is 0 Å². The summed E-state index contributed by atoms with van der Waals surface area (Å²) < 4.78 is 7.33. The van der Waals surface area contributed by atoms with E-state index in [1.54, 1.807) is 7.11 Å². The van der Waals surface area contributed by atoms with E-state index in [9.17, 15) is 4.79 Å². The van der Waals surface area contributed by atoms with Gasteiger partial charge in [0.2, 0.25) is 0 Å². The summed E-state index contributed by atoms with van der Waals surface area (Å²) in [4.78, 5) is 11.8. The Hall–Kier alpha value is -2.03. The Morgan fingerprint density at radius 3 is 2.95 bits per heavy atom. The van der Waals surface area contributed by atoms with Crippen molar-refractivity contribution < 1.29 is 9.53 Å². The zero-order valence-corrected chi connectivity index (χ0v) is 11.1. The van der Waals surface area contributed by atoms with E-state index in [4.69, 9.17) is 4.74 Å². The van der Waals surface area contributed by atoms with Gasteiger partial charge in [-0.05, 0) is 36.1 Å². The van der Waals surface area contributed by atoms with Gasteiger partial charge in [-0.2, -0.15) is 0 Å². The lowest BCUT2D eigenvalue weighted by Crippen LogP contribution is -2.07. The van der Waals surface area contributed by atoms with Crippen molar-refractivity contribution in [1.29, 1.82) is 0 Å². The van der Waals surface area contributed by atoms with Gasteiger partial charge in [0.15, 0.2) is 5.78 Å². The van der Waals surface area contributed by atoms with Crippen molar-refractivity contribution >= 4 is 5.78 Å². The predicted molar refractivity (Wildman–Crippen MR) is 73.8 cm³/mol. The summed E-state index contributed by atoms with van der Waals surface area (Å²) in [6.07, 6.45) is 6.78. The van der Waals surface area contributed by atoms with Gasteiger partial charge in [-0.25, -0.2) is 0 Å². The summed E-state index contributed by atoms with van der Waals surface area (Å²) in [6, 6.07) is 8.03. The molecule has 0 aliphatic heterocycles. The first-order chi connectivity index (χ1) is 9.26. The monoisotopic (exact) mass is 255 g/mol. The Labute approximate surface area is 112 Å². The van der Waals surface area contributed by atoms with E-state index in [-0.39, 0.29) is 5.78 Å². The number of fused-ring (bicyclic) bond motifs is 1. The molecule has 3 heteroatoms. The molecule has 0 unspecified atom stereocenters. The maximum atomic E-state index is 11.8.